The van der Waals surface area contributed by atoms with E-state index < -0.39 is 11.8 Å². The first-order chi connectivity index (χ1) is 13.0. The lowest BCUT2D eigenvalue weighted by Gasteiger charge is -2.25. The van der Waals surface area contributed by atoms with Crippen LogP contribution in [0.2, 0.25) is 0 Å². The van der Waals surface area contributed by atoms with E-state index in [4.69, 9.17) is 16.3 Å². The van der Waals surface area contributed by atoms with Crippen molar-refractivity contribution in [2.24, 2.45) is 5.41 Å². The van der Waals surface area contributed by atoms with E-state index in [1.807, 2.05) is 27.7 Å². The minimum absolute atomic E-state index is 0.0991. The third-order valence-electron chi connectivity index (χ3n) is 4.50. The average molecular weight is 409 g/mol. The summed E-state index contributed by atoms with van der Waals surface area (Å²) < 4.78 is 21.8. The molecule has 1 aromatic carbocycles. The maximum Gasteiger partial charge on any atom is 0.331 e. The highest BCUT2D eigenvalue weighted by molar-refractivity contribution is 6.21. The molecule has 0 aliphatic rings. The molecule has 0 saturated heterocycles. The van der Waals surface area contributed by atoms with Gasteiger partial charge in [-0.15, -0.1) is 11.6 Å². The molecule has 1 aromatic heterocycles. The van der Waals surface area contributed by atoms with Crippen LogP contribution in [0.4, 0.5) is 4.39 Å². The molecule has 0 radical (unpaired) electrons. The van der Waals surface area contributed by atoms with E-state index in [1.54, 1.807) is 17.1 Å². The minimum atomic E-state index is -1.09. The molecule has 1 heterocycles. The molecule has 152 valence electrons. The number of hydrogen-bond acceptors (Lipinski definition) is 3. The predicted molar refractivity (Wildman–Crippen MR) is 109 cm³/mol. The third-order valence-corrected chi connectivity index (χ3v) is 5.37. The maximum atomic E-state index is 14.7. The van der Waals surface area contributed by atoms with Gasteiger partial charge in [0.1, 0.15) is 11.6 Å². The van der Waals surface area contributed by atoms with Crippen LogP contribution in [0, 0.1) is 18.2 Å². The quantitative estimate of drug-likeness (QED) is 0.503. The fourth-order valence-electron chi connectivity index (χ4n) is 2.73. The second-order valence-corrected chi connectivity index (χ2v) is 8.34. The Hall–Kier alpha value is -2.34. The second kappa shape index (κ2) is 8.78. The number of imidazole rings is 1. The molecule has 0 amide bonds. The Bertz CT molecular complexity index is 884. The van der Waals surface area contributed by atoms with Crippen LogP contribution in [0.25, 0.3) is 11.8 Å². The number of carboxylic acid groups (broad SMARTS) is 1. The lowest BCUT2D eigenvalue weighted by Crippen LogP contribution is -2.21. The van der Waals surface area contributed by atoms with Crippen LogP contribution in [-0.2, 0) is 4.79 Å². The van der Waals surface area contributed by atoms with Crippen molar-refractivity contribution in [3.63, 3.8) is 0 Å². The van der Waals surface area contributed by atoms with Crippen LogP contribution in [0.15, 0.2) is 30.2 Å². The molecule has 0 spiro atoms. The van der Waals surface area contributed by atoms with Gasteiger partial charge in [-0.05, 0) is 37.3 Å². The van der Waals surface area contributed by atoms with Crippen molar-refractivity contribution in [3.05, 3.63) is 47.3 Å². The van der Waals surface area contributed by atoms with E-state index in [9.17, 15) is 14.3 Å². The number of nitrogens with zero attached hydrogens (tertiary/aromatic N) is 2. The van der Waals surface area contributed by atoms with Crippen molar-refractivity contribution >= 4 is 23.6 Å². The predicted octanol–water partition coefficient (Wildman–Crippen LogP) is 5.23. The number of methoxy groups -OCH3 is 1. The van der Waals surface area contributed by atoms with E-state index in [2.05, 4.69) is 4.98 Å². The van der Waals surface area contributed by atoms with Gasteiger partial charge in [0.25, 0.3) is 0 Å². The summed E-state index contributed by atoms with van der Waals surface area (Å²) >= 11 is 6.36. The molecule has 1 atom stereocenters. The van der Waals surface area contributed by atoms with E-state index in [0.29, 0.717) is 17.9 Å². The number of ether oxygens (including phenoxy) is 1. The van der Waals surface area contributed by atoms with Crippen molar-refractivity contribution in [1.82, 2.24) is 9.55 Å². The Kier molecular flexibility index (Phi) is 6.88. The topological polar surface area (TPSA) is 64.3 Å². The first-order valence-corrected chi connectivity index (χ1v) is 9.43. The van der Waals surface area contributed by atoms with Gasteiger partial charge in [-0.3, -0.25) is 0 Å². The Labute approximate surface area is 169 Å². The highest BCUT2D eigenvalue weighted by Crippen LogP contribution is 2.31. The maximum absolute atomic E-state index is 14.7. The van der Waals surface area contributed by atoms with Gasteiger partial charge in [0, 0.05) is 28.8 Å². The van der Waals surface area contributed by atoms with Crippen molar-refractivity contribution in [3.8, 4) is 11.4 Å². The smallest absolute Gasteiger partial charge is 0.331 e. The molecule has 2 rings (SSSR count). The zero-order valence-electron chi connectivity index (χ0n) is 16.8. The van der Waals surface area contributed by atoms with Crippen molar-refractivity contribution < 1.29 is 19.0 Å². The average Bonchev–Trinajstić information content (AvgIpc) is 3.04. The van der Waals surface area contributed by atoms with E-state index in [-0.39, 0.29) is 28.3 Å². The number of carboxylic acids is 1. The number of carbonyl (C=O) groups is 1. The minimum Gasteiger partial charge on any atom is -0.495 e. The first-order valence-electron chi connectivity index (χ1n) is 8.99. The molecule has 0 aliphatic carbocycles. The van der Waals surface area contributed by atoms with Gasteiger partial charge < -0.3 is 14.4 Å². The lowest BCUT2D eigenvalue weighted by molar-refractivity contribution is -0.132. The molecule has 0 fully saturated rings. The van der Waals surface area contributed by atoms with Crippen LogP contribution in [0.5, 0.6) is 5.75 Å². The number of halogens is 2. The molecule has 2 aromatic rings. The molecule has 7 heteroatoms. The van der Waals surface area contributed by atoms with Crippen LogP contribution in [-0.4, -0.2) is 33.1 Å². The Morgan fingerprint density at radius 3 is 2.61 bits per heavy atom. The van der Waals surface area contributed by atoms with Crippen molar-refractivity contribution in [1.29, 1.82) is 0 Å². The molecular formula is C21H26ClFN2O3. The summed E-state index contributed by atoms with van der Waals surface area (Å²) in [5.74, 6) is -1.22. The van der Waals surface area contributed by atoms with Gasteiger partial charge in [-0.1, -0.05) is 20.8 Å². The number of aryl methyl sites for hydroxylation is 1. The summed E-state index contributed by atoms with van der Waals surface area (Å²) in [5.41, 5.74) is 1.38. The first kappa shape index (κ1) is 22.0. The summed E-state index contributed by atoms with van der Waals surface area (Å²) in [6.07, 6.45) is 5.38. The molecule has 5 nitrogen and oxygen atoms in total. The SMILES string of the molecule is COc1cc(/C=C(/CCC(Cl)C(C)(C)C)C(=O)O)c(F)cc1-n1cnc(C)c1. The number of alkyl halides is 1. The normalized spacial score (nSPS) is 13.5. The van der Waals surface area contributed by atoms with Gasteiger partial charge in [0.15, 0.2) is 0 Å². The number of hydrogen-bond donors (Lipinski definition) is 1. The molecular weight excluding hydrogens is 383 g/mol. The van der Waals surface area contributed by atoms with Gasteiger partial charge >= 0.3 is 5.97 Å². The van der Waals surface area contributed by atoms with Crippen LogP contribution < -0.4 is 4.74 Å². The second-order valence-electron chi connectivity index (χ2n) is 7.81. The molecule has 0 saturated carbocycles. The van der Waals surface area contributed by atoms with Crippen LogP contribution in [0.1, 0.15) is 44.9 Å². The Morgan fingerprint density at radius 1 is 1.43 bits per heavy atom. The number of benzene rings is 1. The largest absolute Gasteiger partial charge is 0.495 e. The summed E-state index contributed by atoms with van der Waals surface area (Å²) in [6.45, 7) is 7.82. The molecule has 28 heavy (non-hydrogen) atoms. The van der Waals surface area contributed by atoms with Gasteiger partial charge in [0.2, 0.25) is 0 Å². The van der Waals surface area contributed by atoms with Gasteiger partial charge in [0.05, 0.1) is 24.8 Å². The number of aliphatic carboxylic acids is 1. The Balaban J connectivity index is 2.37. The molecule has 1 unspecified atom stereocenters. The Morgan fingerprint density at radius 2 is 2.11 bits per heavy atom. The number of rotatable bonds is 7. The fourth-order valence-corrected chi connectivity index (χ4v) is 2.84. The van der Waals surface area contributed by atoms with Gasteiger partial charge in [-0.2, -0.15) is 0 Å². The van der Waals surface area contributed by atoms with Crippen LogP contribution in [0.3, 0.4) is 0 Å². The zero-order valence-corrected chi connectivity index (χ0v) is 17.5. The fraction of sp³-hybridized carbons (Fsp3) is 0.429. The van der Waals surface area contributed by atoms with E-state index >= 15 is 0 Å². The van der Waals surface area contributed by atoms with Crippen LogP contribution >= 0.6 is 11.6 Å². The summed E-state index contributed by atoms with van der Waals surface area (Å²) in [7, 11) is 1.48. The summed E-state index contributed by atoms with van der Waals surface area (Å²) in [5, 5.41) is 9.33. The monoisotopic (exact) mass is 408 g/mol. The molecule has 1 N–H and O–H groups in total. The van der Waals surface area contributed by atoms with E-state index in [1.165, 1.54) is 25.3 Å². The highest BCUT2D eigenvalue weighted by atomic mass is 35.5. The van der Waals surface area contributed by atoms with Crippen molar-refractivity contribution in [2.45, 2.75) is 45.9 Å². The zero-order chi connectivity index (χ0) is 21.1. The standard InChI is InChI=1S/C21H26ClFN2O3/c1-13-11-25(12-24-13)17-10-16(23)15(9-18(17)28-5)8-14(20(26)27)6-7-19(22)21(2,3)4/h8-12,19H,6-7H2,1-5H3,(H,26,27)/b14-8-. The number of aromatic nitrogens is 2. The van der Waals surface area contributed by atoms with Gasteiger partial charge in [-0.25, -0.2) is 14.2 Å². The summed E-state index contributed by atoms with van der Waals surface area (Å²) in [6, 6.07) is 2.80. The third kappa shape index (κ3) is 5.35. The highest BCUT2D eigenvalue weighted by Gasteiger charge is 2.23. The molecule has 0 bridgehead atoms. The molecule has 0 aliphatic heterocycles. The van der Waals surface area contributed by atoms with E-state index in [0.717, 1.165) is 5.69 Å². The van der Waals surface area contributed by atoms with Crippen molar-refractivity contribution in [2.75, 3.05) is 7.11 Å². The lowest BCUT2D eigenvalue weighted by atomic mass is 9.88. The summed E-state index contributed by atoms with van der Waals surface area (Å²) in [4.78, 5) is 15.8.